The first-order valence-corrected chi connectivity index (χ1v) is 14.0. The molecule has 2 unspecified atom stereocenters. The van der Waals surface area contributed by atoms with Crippen molar-refractivity contribution in [3.8, 4) is 5.75 Å². The van der Waals surface area contributed by atoms with Crippen LogP contribution < -0.4 is 10.6 Å². The van der Waals surface area contributed by atoms with Crippen LogP contribution in [0.5, 0.6) is 5.75 Å². The highest BCUT2D eigenvalue weighted by Gasteiger charge is 2.44. The Balaban J connectivity index is 1.96. The van der Waals surface area contributed by atoms with E-state index < -0.39 is 41.6 Å². The molecule has 1 aliphatic rings. The quantitative estimate of drug-likeness (QED) is 0.331. The number of nitrogens with one attached hydrogen (secondary N) is 2. The van der Waals surface area contributed by atoms with E-state index in [9.17, 15) is 24.3 Å². The topological polar surface area (TPSA) is 134 Å². The molecule has 41 heavy (non-hydrogen) atoms. The molecule has 0 spiro atoms. The Bertz CT molecular complexity index is 1220. The van der Waals surface area contributed by atoms with Gasteiger partial charge in [-0.25, -0.2) is 4.79 Å². The van der Waals surface area contributed by atoms with Gasteiger partial charge in [-0.2, -0.15) is 0 Å². The van der Waals surface area contributed by atoms with Gasteiger partial charge < -0.3 is 30.1 Å². The molecule has 1 saturated carbocycles. The number of alkyl carbamates (subject to hydrolysis) is 1. The van der Waals surface area contributed by atoms with Crippen LogP contribution in [0.2, 0.25) is 0 Å². The van der Waals surface area contributed by atoms with Gasteiger partial charge in [0.15, 0.2) is 0 Å². The molecule has 3 N–H and O–H groups in total. The maximum atomic E-state index is 14.3. The van der Waals surface area contributed by atoms with Crippen LogP contribution in [0.25, 0.3) is 0 Å². The van der Waals surface area contributed by atoms with Gasteiger partial charge in [-0.3, -0.25) is 14.4 Å². The summed E-state index contributed by atoms with van der Waals surface area (Å²) in [6.07, 6.45) is 0.787. The summed E-state index contributed by atoms with van der Waals surface area (Å²) < 4.78 is 10.4. The second-order valence-corrected chi connectivity index (χ2v) is 11.2. The Morgan fingerprint density at radius 1 is 1.05 bits per heavy atom. The predicted molar refractivity (Wildman–Crippen MR) is 153 cm³/mol. The van der Waals surface area contributed by atoms with E-state index >= 15 is 0 Å². The van der Waals surface area contributed by atoms with Crippen LogP contribution in [0.4, 0.5) is 4.79 Å². The van der Waals surface area contributed by atoms with Crippen LogP contribution in [0, 0.1) is 6.92 Å². The Kier molecular flexibility index (Phi) is 10.7. The zero-order valence-corrected chi connectivity index (χ0v) is 24.4. The SMILES string of the molecule is CCOC(=O)CCNC(=O)C(c1ccccc1C)N(C(=O)C(Cc1ccc(O)cc1)NC(=O)OC(C)(C)C)C1CC1. The summed E-state index contributed by atoms with van der Waals surface area (Å²) in [7, 11) is 0. The maximum Gasteiger partial charge on any atom is 0.408 e. The lowest BCUT2D eigenvalue weighted by Gasteiger charge is -2.35. The van der Waals surface area contributed by atoms with E-state index in [0.29, 0.717) is 24.0 Å². The van der Waals surface area contributed by atoms with Gasteiger partial charge in [-0.1, -0.05) is 36.4 Å². The average Bonchev–Trinajstić information content (AvgIpc) is 3.72. The van der Waals surface area contributed by atoms with E-state index in [2.05, 4.69) is 10.6 Å². The smallest absolute Gasteiger partial charge is 0.408 e. The van der Waals surface area contributed by atoms with Gasteiger partial charge in [0.1, 0.15) is 23.4 Å². The number of carbonyl (C=O) groups is 4. The number of ether oxygens (including phenoxy) is 2. The molecule has 0 bridgehead atoms. The van der Waals surface area contributed by atoms with E-state index in [1.807, 2.05) is 31.2 Å². The van der Waals surface area contributed by atoms with Crippen LogP contribution >= 0.6 is 0 Å². The van der Waals surface area contributed by atoms with Crippen LogP contribution in [0.1, 0.15) is 69.7 Å². The van der Waals surface area contributed by atoms with Crippen molar-refractivity contribution in [3.05, 3.63) is 65.2 Å². The fourth-order valence-corrected chi connectivity index (χ4v) is 4.50. The van der Waals surface area contributed by atoms with Crippen molar-refractivity contribution < 1.29 is 33.8 Å². The molecule has 222 valence electrons. The van der Waals surface area contributed by atoms with Crippen molar-refractivity contribution in [3.63, 3.8) is 0 Å². The molecule has 3 amide bonds. The van der Waals surface area contributed by atoms with Crippen molar-refractivity contribution in [2.24, 2.45) is 0 Å². The van der Waals surface area contributed by atoms with Crippen molar-refractivity contribution in [1.29, 1.82) is 0 Å². The van der Waals surface area contributed by atoms with E-state index in [4.69, 9.17) is 9.47 Å². The molecule has 2 atom stereocenters. The summed E-state index contributed by atoms with van der Waals surface area (Å²) in [4.78, 5) is 54.4. The number of hydrogen-bond donors (Lipinski definition) is 3. The molecule has 0 aliphatic heterocycles. The number of amides is 3. The van der Waals surface area contributed by atoms with Gasteiger partial charge in [0.05, 0.1) is 13.0 Å². The molecule has 1 aliphatic carbocycles. The van der Waals surface area contributed by atoms with Gasteiger partial charge in [0.25, 0.3) is 0 Å². The molecule has 3 rings (SSSR count). The van der Waals surface area contributed by atoms with Crippen molar-refractivity contribution >= 4 is 23.9 Å². The largest absolute Gasteiger partial charge is 0.508 e. The number of benzene rings is 2. The number of rotatable bonds is 12. The number of carbonyl (C=O) groups excluding carboxylic acids is 4. The monoisotopic (exact) mass is 567 g/mol. The number of esters is 1. The third-order valence-electron chi connectivity index (χ3n) is 6.50. The molecule has 2 aromatic carbocycles. The molecule has 0 heterocycles. The lowest BCUT2D eigenvalue weighted by Crippen LogP contribution is -2.54. The zero-order chi connectivity index (χ0) is 30.2. The fraction of sp³-hybridized carbons (Fsp3) is 0.484. The first kappa shape index (κ1) is 31.4. The highest BCUT2D eigenvalue weighted by molar-refractivity contribution is 5.93. The highest BCUT2D eigenvalue weighted by Crippen LogP contribution is 2.36. The first-order chi connectivity index (χ1) is 19.4. The molecule has 10 heteroatoms. The molecular formula is C31H41N3O7. The van der Waals surface area contributed by atoms with Gasteiger partial charge in [0.2, 0.25) is 11.8 Å². The minimum Gasteiger partial charge on any atom is -0.508 e. The summed E-state index contributed by atoms with van der Waals surface area (Å²) >= 11 is 0. The lowest BCUT2D eigenvalue weighted by molar-refractivity contribution is -0.144. The third kappa shape index (κ3) is 9.51. The number of nitrogens with zero attached hydrogens (tertiary/aromatic N) is 1. The van der Waals surface area contributed by atoms with Crippen molar-refractivity contribution in [2.75, 3.05) is 13.2 Å². The van der Waals surface area contributed by atoms with Gasteiger partial charge in [0, 0.05) is 19.0 Å². The number of aryl methyl sites for hydroxylation is 1. The molecule has 2 aromatic rings. The minimum atomic E-state index is -1.05. The van der Waals surface area contributed by atoms with E-state index in [1.165, 1.54) is 12.1 Å². The standard InChI is InChI=1S/C31H41N3O7/c1-6-40-26(36)17-18-32-28(37)27(24-10-8-7-9-20(24)2)34(22-13-14-22)29(38)25(33-30(39)41-31(3,4)5)19-21-11-15-23(35)16-12-21/h7-12,15-16,22,25,27,35H,6,13-14,17-19H2,1-5H3,(H,32,37)(H,33,39). The normalized spacial score (nSPS) is 14.4. The molecule has 0 saturated heterocycles. The number of aromatic hydroxyl groups is 1. The molecule has 0 radical (unpaired) electrons. The summed E-state index contributed by atoms with van der Waals surface area (Å²) in [5.74, 6) is -1.20. The minimum absolute atomic E-state index is 0.00111. The number of phenolic OH excluding ortho intramolecular Hbond substituents is 1. The van der Waals surface area contributed by atoms with Crippen LogP contribution in [0.3, 0.4) is 0 Å². The molecular weight excluding hydrogens is 526 g/mol. The Morgan fingerprint density at radius 2 is 1.71 bits per heavy atom. The van der Waals surface area contributed by atoms with Crippen LogP contribution in [-0.4, -0.2) is 64.7 Å². The number of phenols is 1. The zero-order valence-electron chi connectivity index (χ0n) is 24.4. The van der Waals surface area contributed by atoms with Gasteiger partial charge >= 0.3 is 12.1 Å². The van der Waals surface area contributed by atoms with Crippen molar-refractivity contribution in [2.45, 2.75) is 84.0 Å². The second-order valence-electron chi connectivity index (χ2n) is 11.2. The third-order valence-corrected chi connectivity index (χ3v) is 6.50. The summed E-state index contributed by atoms with van der Waals surface area (Å²) in [6, 6.07) is 11.5. The molecule has 10 nitrogen and oxygen atoms in total. The summed E-state index contributed by atoms with van der Waals surface area (Å²) in [5.41, 5.74) is 1.41. The van der Waals surface area contributed by atoms with E-state index in [1.54, 1.807) is 44.7 Å². The van der Waals surface area contributed by atoms with E-state index in [-0.39, 0.29) is 37.8 Å². The second kappa shape index (κ2) is 14.0. The fourth-order valence-electron chi connectivity index (χ4n) is 4.50. The molecule has 1 fully saturated rings. The van der Waals surface area contributed by atoms with E-state index in [0.717, 1.165) is 5.56 Å². The predicted octanol–water partition coefficient (Wildman–Crippen LogP) is 3.94. The van der Waals surface area contributed by atoms with Crippen LogP contribution in [0.15, 0.2) is 48.5 Å². The Hall–Kier alpha value is -4.08. The van der Waals surface area contributed by atoms with Crippen LogP contribution in [-0.2, 0) is 30.3 Å². The average molecular weight is 568 g/mol. The van der Waals surface area contributed by atoms with Gasteiger partial charge in [-0.15, -0.1) is 0 Å². The Morgan fingerprint density at radius 3 is 2.29 bits per heavy atom. The van der Waals surface area contributed by atoms with Gasteiger partial charge in [-0.05, 0) is 76.3 Å². The number of hydrogen-bond acceptors (Lipinski definition) is 7. The maximum absolute atomic E-state index is 14.3. The first-order valence-electron chi connectivity index (χ1n) is 14.0. The summed E-state index contributed by atoms with van der Waals surface area (Å²) in [5, 5.41) is 15.3. The summed E-state index contributed by atoms with van der Waals surface area (Å²) in [6.45, 7) is 9.08. The van der Waals surface area contributed by atoms with Crippen molar-refractivity contribution in [1.82, 2.24) is 15.5 Å². The Labute approximate surface area is 241 Å². The lowest BCUT2D eigenvalue weighted by atomic mass is 9.97. The highest BCUT2D eigenvalue weighted by atomic mass is 16.6. The molecule has 0 aromatic heterocycles.